The van der Waals surface area contributed by atoms with Crippen LogP contribution in [0, 0.1) is 0 Å². The van der Waals surface area contributed by atoms with Gasteiger partial charge in [-0.15, -0.1) is 21.5 Å². The molecule has 158 valence electrons. The number of benzene rings is 1. The highest BCUT2D eigenvalue weighted by Gasteiger charge is 2.22. The summed E-state index contributed by atoms with van der Waals surface area (Å²) < 4.78 is 13.1. The molecular formula is C21H24N4O3S2. The molecule has 1 aliphatic rings. The van der Waals surface area contributed by atoms with Crippen LogP contribution in [-0.4, -0.2) is 46.2 Å². The van der Waals surface area contributed by atoms with E-state index >= 15 is 0 Å². The minimum absolute atomic E-state index is 0.0489. The number of aromatic nitrogens is 3. The highest BCUT2D eigenvalue weighted by atomic mass is 32.2. The van der Waals surface area contributed by atoms with Crippen LogP contribution in [0.2, 0.25) is 0 Å². The van der Waals surface area contributed by atoms with Crippen LogP contribution >= 0.6 is 23.1 Å². The molecular weight excluding hydrogens is 420 g/mol. The topological polar surface area (TPSA) is 78.3 Å². The van der Waals surface area contributed by atoms with E-state index in [1.54, 1.807) is 18.4 Å². The van der Waals surface area contributed by atoms with Crippen LogP contribution in [0.15, 0.2) is 46.9 Å². The number of amides is 1. The second-order valence-corrected chi connectivity index (χ2v) is 8.84. The molecule has 7 nitrogen and oxygen atoms in total. The van der Waals surface area contributed by atoms with E-state index in [1.807, 2.05) is 41.8 Å². The first-order chi connectivity index (χ1) is 14.7. The molecule has 1 amide bonds. The molecule has 3 aromatic rings. The summed E-state index contributed by atoms with van der Waals surface area (Å²) in [6.07, 6.45) is 2.28. The normalized spacial score (nSPS) is 16.0. The van der Waals surface area contributed by atoms with Crippen molar-refractivity contribution in [3.63, 3.8) is 0 Å². The smallest absolute Gasteiger partial charge is 0.230 e. The number of nitrogens with zero attached hydrogens (tertiary/aromatic N) is 3. The number of ether oxygens (including phenoxy) is 2. The quantitative estimate of drug-likeness (QED) is 0.508. The summed E-state index contributed by atoms with van der Waals surface area (Å²) in [6, 6.07) is 11.7. The van der Waals surface area contributed by atoms with Gasteiger partial charge in [0.1, 0.15) is 5.75 Å². The Morgan fingerprint density at radius 1 is 1.37 bits per heavy atom. The third-order valence-corrected chi connectivity index (χ3v) is 6.66. The summed E-state index contributed by atoms with van der Waals surface area (Å²) in [6.45, 7) is 1.96. The van der Waals surface area contributed by atoms with Gasteiger partial charge in [0.2, 0.25) is 5.91 Å². The van der Waals surface area contributed by atoms with Gasteiger partial charge in [-0.25, -0.2) is 0 Å². The van der Waals surface area contributed by atoms with Crippen LogP contribution in [0.25, 0.3) is 10.7 Å². The lowest BCUT2D eigenvalue weighted by Crippen LogP contribution is -2.25. The minimum Gasteiger partial charge on any atom is -0.497 e. The average molecular weight is 445 g/mol. The maximum absolute atomic E-state index is 12.4. The number of thioether (sulfide) groups is 1. The Morgan fingerprint density at radius 3 is 3.07 bits per heavy atom. The monoisotopic (exact) mass is 444 g/mol. The van der Waals surface area contributed by atoms with Crippen molar-refractivity contribution in [2.24, 2.45) is 0 Å². The zero-order valence-electron chi connectivity index (χ0n) is 16.7. The fourth-order valence-electron chi connectivity index (χ4n) is 3.30. The fraction of sp³-hybridized carbons (Fsp3) is 0.381. The molecule has 1 fully saturated rings. The third kappa shape index (κ3) is 5.21. The predicted octanol–water partition coefficient (Wildman–Crippen LogP) is 3.60. The summed E-state index contributed by atoms with van der Waals surface area (Å²) in [5.41, 5.74) is 0.995. The number of hydrogen-bond acceptors (Lipinski definition) is 7. The molecule has 1 N–H and O–H groups in total. The van der Waals surface area contributed by atoms with Crippen molar-refractivity contribution in [1.82, 2.24) is 20.1 Å². The van der Waals surface area contributed by atoms with Gasteiger partial charge in [0.15, 0.2) is 11.0 Å². The highest BCUT2D eigenvalue weighted by Crippen LogP contribution is 2.29. The molecule has 0 spiro atoms. The van der Waals surface area contributed by atoms with Gasteiger partial charge < -0.3 is 14.8 Å². The van der Waals surface area contributed by atoms with Crippen LogP contribution in [0.4, 0.5) is 0 Å². The van der Waals surface area contributed by atoms with Crippen LogP contribution in [0.5, 0.6) is 5.75 Å². The first-order valence-electron chi connectivity index (χ1n) is 9.84. The zero-order valence-corrected chi connectivity index (χ0v) is 18.4. The van der Waals surface area contributed by atoms with Crippen LogP contribution < -0.4 is 10.1 Å². The van der Waals surface area contributed by atoms with E-state index in [0.29, 0.717) is 13.1 Å². The summed E-state index contributed by atoms with van der Waals surface area (Å²) >= 11 is 3.03. The molecule has 30 heavy (non-hydrogen) atoms. The van der Waals surface area contributed by atoms with Crippen molar-refractivity contribution in [1.29, 1.82) is 0 Å². The van der Waals surface area contributed by atoms with E-state index in [0.717, 1.165) is 46.6 Å². The third-order valence-electron chi connectivity index (χ3n) is 4.82. The highest BCUT2D eigenvalue weighted by molar-refractivity contribution is 7.99. The van der Waals surface area contributed by atoms with E-state index in [2.05, 4.69) is 20.1 Å². The van der Waals surface area contributed by atoms with Crippen molar-refractivity contribution < 1.29 is 14.3 Å². The van der Waals surface area contributed by atoms with Gasteiger partial charge >= 0.3 is 0 Å². The van der Waals surface area contributed by atoms with Gasteiger partial charge in [0.25, 0.3) is 0 Å². The van der Waals surface area contributed by atoms with E-state index in [4.69, 9.17) is 9.47 Å². The van der Waals surface area contributed by atoms with Crippen LogP contribution in [-0.2, 0) is 22.6 Å². The van der Waals surface area contributed by atoms with Gasteiger partial charge in [0, 0.05) is 13.2 Å². The Labute approximate surface area is 183 Å². The lowest BCUT2D eigenvalue weighted by Gasteiger charge is -2.14. The number of hydrogen-bond donors (Lipinski definition) is 1. The zero-order chi connectivity index (χ0) is 20.8. The Morgan fingerprint density at radius 2 is 2.30 bits per heavy atom. The Bertz CT molecular complexity index is 969. The van der Waals surface area contributed by atoms with Crippen molar-refractivity contribution in [2.45, 2.75) is 37.2 Å². The summed E-state index contributed by atoms with van der Waals surface area (Å²) in [5.74, 6) is 1.84. The SMILES string of the molecule is COc1cccc(CNC(=O)CSc2nnc(-c3cccs3)n2CC2CCCO2)c1. The molecule has 4 rings (SSSR count). The first-order valence-corrected chi connectivity index (χ1v) is 11.7. The molecule has 1 aliphatic heterocycles. The molecule has 3 heterocycles. The molecule has 1 unspecified atom stereocenters. The van der Waals surface area contributed by atoms with E-state index < -0.39 is 0 Å². The van der Waals surface area contributed by atoms with Gasteiger partial charge in [-0.05, 0) is 42.0 Å². The van der Waals surface area contributed by atoms with Crippen molar-refractivity contribution in [2.75, 3.05) is 19.5 Å². The lowest BCUT2D eigenvalue weighted by molar-refractivity contribution is -0.118. The molecule has 0 radical (unpaired) electrons. The minimum atomic E-state index is -0.0489. The molecule has 0 saturated carbocycles. The number of thiophene rings is 1. The number of nitrogens with one attached hydrogen (secondary N) is 1. The lowest BCUT2D eigenvalue weighted by atomic mass is 10.2. The Hall–Kier alpha value is -2.36. The molecule has 0 bridgehead atoms. The maximum Gasteiger partial charge on any atom is 0.230 e. The van der Waals surface area contributed by atoms with Crippen molar-refractivity contribution >= 4 is 29.0 Å². The molecule has 0 aliphatic carbocycles. The van der Waals surface area contributed by atoms with Crippen LogP contribution in [0.1, 0.15) is 18.4 Å². The average Bonchev–Trinajstić information content (AvgIpc) is 3.53. The molecule has 1 atom stereocenters. The van der Waals surface area contributed by atoms with E-state index in [9.17, 15) is 4.79 Å². The fourth-order valence-corrected chi connectivity index (χ4v) is 4.80. The summed E-state index contributed by atoms with van der Waals surface area (Å²) in [4.78, 5) is 13.5. The van der Waals surface area contributed by atoms with Gasteiger partial charge in [-0.3, -0.25) is 9.36 Å². The van der Waals surface area contributed by atoms with Gasteiger partial charge in [-0.2, -0.15) is 0 Å². The number of methoxy groups -OCH3 is 1. The van der Waals surface area contributed by atoms with E-state index in [1.165, 1.54) is 11.8 Å². The summed E-state index contributed by atoms with van der Waals surface area (Å²) in [5, 5.41) is 14.5. The molecule has 1 saturated heterocycles. The number of carbonyl (C=O) groups excluding carboxylic acids is 1. The molecule has 1 aromatic carbocycles. The maximum atomic E-state index is 12.4. The molecule has 2 aromatic heterocycles. The summed E-state index contributed by atoms with van der Waals surface area (Å²) in [7, 11) is 1.63. The number of rotatable bonds is 9. The van der Waals surface area contributed by atoms with Crippen LogP contribution in [0.3, 0.4) is 0 Å². The predicted molar refractivity (Wildman–Crippen MR) is 118 cm³/mol. The Balaban J connectivity index is 1.39. The van der Waals surface area contributed by atoms with Crippen molar-refractivity contribution in [3.8, 4) is 16.5 Å². The van der Waals surface area contributed by atoms with E-state index in [-0.39, 0.29) is 17.8 Å². The second kappa shape index (κ2) is 10.1. The number of carbonyl (C=O) groups is 1. The van der Waals surface area contributed by atoms with Gasteiger partial charge in [0.05, 0.1) is 30.4 Å². The first kappa shape index (κ1) is 20.9. The largest absolute Gasteiger partial charge is 0.497 e. The standard InChI is InChI=1S/C21H24N4O3S2/c1-27-16-6-2-5-15(11-16)12-22-19(26)14-30-21-24-23-20(18-8-4-10-29-18)25(21)13-17-7-3-9-28-17/h2,4-6,8,10-11,17H,3,7,9,12-14H2,1H3,(H,22,26). The van der Waals surface area contributed by atoms with Crippen molar-refractivity contribution in [3.05, 3.63) is 47.3 Å². The molecule has 9 heteroatoms. The Kier molecular flexibility index (Phi) is 7.03. The second-order valence-electron chi connectivity index (χ2n) is 6.95. The van der Waals surface area contributed by atoms with Gasteiger partial charge in [-0.1, -0.05) is 30.0 Å².